The van der Waals surface area contributed by atoms with E-state index in [1.165, 1.54) is 5.01 Å². The molecule has 0 aromatic carbocycles. The summed E-state index contributed by atoms with van der Waals surface area (Å²) in [4.78, 5) is 9.09. The highest BCUT2D eigenvalue weighted by atomic mass is 32.1. The summed E-state index contributed by atoms with van der Waals surface area (Å²) in [6.45, 7) is 8.34. The Hall–Kier alpha value is -1.20. The van der Waals surface area contributed by atoms with E-state index < -0.39 is 0 Å². The van der Waals surface area contributed by atoms with E-state index in [1.807, 2.05) is 19.3 Å². The quantitative estimate of drug-likeness (QED) is 0.846. The monoisotopic (exact) mass is 278 g/mol. The van der Waals surface area contributed by atoms with Gasteiger partial charge in [0.2, 0.25) is 0 Å². The molecule has 2 aromatic rings. The van der Waals surface area contributed by atoms with Crippen molar-refractivity contribution in [2.45, 2.75) is 46.2 Å². The molecule has 2 heterocycles. The highest BCUT2D eigenvalue weighted by Crippen LogP contribution is 2.20. The number of hydrogen-bond donors (Lipinski definition) is 1. The first-order chi connectivity index (χ1) is 9.24. The van der Waals surface area contributed by atoms with Crippen LogP contribution in [0.15, 0.2) is 17.8 Å². The maximum absolute atomic E-state index is 4.57. The summed E-state index contributed by atoms with van der Waals surface area (Å²) in [6.07, 6.45) is 5.96. The number of aromatic nitrogens is 3. The maximum atomic E-state index is 4.57. The fourth-order valence-electron chi connectivity index (χ4n) is 2.14. The third-order valence-corrected chi connectivity index (χ3v) is 4.08. The average Bonchev–Trinajstić information content (AvgIpc) is 3.03. The lowest BCUT2D eigenvalue weighted by atomic mass is 10.2. The minimum atomic E-state index is 0.250. The van der Waals surface area contributed by atoms with Gasteiger partial charge in [-0.15, -0.1) is 11.3 Å². The molecule has 1 unspecified atom stereocenters. The second-order valence-corrected chi connectivity index (χ2v) is 5.61. The molecular formula is C14H22N4S. The third-order valence-electron chi connectivity index (χ3n) is 3.09. The number of rotatable bonds is 7. The summed E-state index contributed by atoms with van der Waals surface area (Å²) in [5.41, 5.74) is 1.10. The van der Waals surface area contributed by atoms with E-state index in [0.29, 0.717) is 0 Å². The Morgan fingerprint density at radius 3 is 2.89 bits per heavy atom. The molecule has 104 valence electrons. The van der Waals surface area contributed by atoms with Crippen LogP contribution in [0.25, 0.3) is 0 Å². The first-order valence-electron chi connectivity index (χ1n) is 6.90. The van der Waals surface area contributed by atoms with E-state index in [2.05, 4.69) is 39.1 Å². The maximum Gasteiger partial charge on any atom is 0.126 e. The molecule has 0 spiro atoms. The number of nitrogens with zero attached hydrogens (tertiary/aromatic N) is 3. The van der Waals surface area contributed by atoms with Gasteiger partial charge in [0.15, 0.2) is 0 Å². The van der Waals surface area contributed by atoms with Crippen LogP contribution in [0.4, 0.5) is 0 Å². The molecule has 0 radical (unpaired) electrons. The van der Waals surface area contributed by atoms with Gasteiger partial charge in [-0.3, -0.25) is 0 Å². The van der Waals surface area contributed by atoms with E-state index in [4.69, 9.17) is 0 Å². The molecule has 0 amide bonds. The lowest BCUT2D eigenvalue weighted by molar-refractivity contribution is 0.481. The van der Waals surface area contributed by atoms with Gasteiger partial charge >= 0.3 is 0 Å². The van der Waals surface area contributed by atoms with Gasteiger partial charge in [-0.1, -0.05) is 6.92 Å². The largest absolute Gasteiger partial charge is 0.334 e. The van der Waals surface area contributed by atoms with Crippen LogP contribution in [0.1, 0.15) is 42.8 Å². The summed E-state index contributed by atoms with van der Waals surface area (Å²) in [5, 5.41) is 6.87. The number of aryl methyl sites for hydroxylation is 2. The van der Waals surface area contributed by atoms with Gasteiger partial charge in [-0.05, 0) is 26.8 Å². The molecule has 0 saturated carbocycles. The van der Waals surface area contributed by atoms with Crippen LogP contribution in [0, 0.1) is 6.92 Å². The topological polar surface area (TPSA) is 42.7 Å². The summed E-state index contributed by atoms with van der Waals surface area (Å²) in [7, 11) is 0. The lowest BCUT2D eigenvalue weighted by Gasteiger charge is -2.18. The van der Waals surface area contributed by atoms with Gasteiger partial charge in [0.1, 0.15) is 5.82 Å². The molecule has 0 saturated heterocycles. The molecule has 0 aliphatic heterocycles. The molecule has 0 aliphatic carbocycles. The van der Waals surface area contributed by atoms with Crippen molar-refractivity contribution in [2.75, 3.05) is 6.54 Å². The Bertz CT molecular complexity index is 503. The van der Waals surface area contributed by atoms with E-state index in [9.17, 15) is 0 Å². The van der Waals surface area contributed by atoms with Crippen LogP contribution in [-0.2, 0) is 13.0 Å². The molecule has 1 N–H and O–H groups in total. The first-order valence-corrected chi connectivity index (χ1v) is 7.78. The number of nitrogens with one attached hydrogen (secondary N) is 1. The van der Waals surface area contributed by atoms with Crippen LogP contribution in [-0.4, -0.2) is 21.1 Å². The smallest absolute Gasteiger partial charge is 0.126 e. The second-order valence-electron chi connectivity index (χ2n) is 4.66. The third kappa shape index (κ3) is 3.64. The van der Waals surface area contributed by atoms with Crippen molar-refractivity contribution in [3.05, 3.63) is 34.3 Å². The van der Waals surface area contributed by atoms with Crippen LogP contribution in [0.5, 0.6) is 0 Å². The first kappa shape index (κ1) is 14.2. The molecule has 1 atom stereocenters. The van der Waals surface area contributed by atoms with Gasteiger partial charge in [0.25, 0.3) is 0 Å². The Labute approximate surface area is 118 Å². The zero-order chi connectivity index (χ0) is 13.7. The minimum absolute atomic E-state index is 0.250. The van der Waals surface area contributed by atoms with E-state index in [1.54, 1.807) is 11.3 Å². The molecule has 2 rings (SSSR count). The predicted molar refractivity (Wildman–Crippen MR) is 79.5 cm³/mol. The second kappa shape index (κ2) is 6.82. The fraction of sp³-hybridized carbons (Fsp3) is 0.571. The summed E-state index contributed by atoms with van der Waals surface area (Å²) in [6, 6.07) is 0.250. The van der Waals surface area contributed by atoms with Gasteiger partial charge < -0.3 is 9.88 Å². The normalized spacial score (nSPS) is 12.8. The van der Waals surface area contributed by atoms with E-state index in [-0.39, 0.29) is 6.04 Å². The van der Waals surface area contributed by atoms with Crippen molar-refractivity contribution >= 4 is 11.3 Å². The van der Waals surface area contributed by atoms with Gasteiger partial charge in [-0.2, -0.15) is 0 Å². The van der Waals surface area contributed by atoms with E-state index in [0.717, 1.165) is 37.4 Å². The summed E-state index contributed by atoms with van der Waals surface area (Å²) in [5.74, 6) is 1.11. The molecule has 19 heavy (non-hydrogen) atoms. The predicted octanol–water partition coefficient (Wildman–Crippen LogP) is 2.95. The van der Waals surface area contributed by atoms with Gasteiger partial charge in [-0.25, -0.2) is 9.97 Å². The Morgan fingerprint density at radius 2 is 2.26 bits per heavy atom. The molecule has 2 aromatic heterocycles. The molecule has 5 heteroatoms. The molecule has 0 bridgehead atoms. The average molecular weight is 278 g/mol. The van der Waals surface area contributed by atoms with Crippen LogP contribution >= 0.6 is 11.3 Å². The van der Waals surface area contributed by atoms with Gasteiger partial charge in [0, 0.05) is 36.4 Å². The van der Waals surface area contributed by atoms with Crippen LogP contribution in [0.2, 0.25) is 0 Å². The van der Waals surface area contributed by atoms with Crippen molar-refractivity contribution in [1.82, 2.24) is 19.9 Å². The zero-order valence-electron chi connectivity index (χ0n) is 11.9. The molecular weight excluding hydrogens is 256 g/mol. The van der Waals surface area contributed by atoms with Crippen molar-refractivity contribution in [3.63, 3.8) is 0 Å². The van der Waals surface area contributed by atoms with Crippen molar-refractivity contribution < 1.29 is 0 Å². The summed E-state index contributed by atoms with van der Waals surface area (Å²) < 4.78 is 2.20. The summed E-state index contributed by atoms with van der Waals surface area (Å²) >= 11 is 1.73. The standard InChI is InChI=1S/C14H22N4S/c1-4-6-15-12(9-13-17-11(3)10-19-13)14-16-7-8-18(14)5-2/h7-8,10,12,15H,4-6,9H2,1-3H3. The fourth-order valence-corrected chi connectivity index (χ4v) is 2.96. The highest BCUT2D eigenvalue weighted by molar-refractivity contribution is 7.09. The highest BCUT2D eigenvalue weighted by Gasteiger charge is 2.17. The number of hydrogen-bond acceptors (Lipinski definition) is 4. The number of thiazole rings is 1. The van der Waals surface area contributed by atoms with E-state index >= 15 is 0 Å². The van der Waals surface area contributed by atoms with Crippen molar-refractivity contribution in [3.8, 4) is 0 Å². The Kier molecular flexibility index (Phi) is 5.10. The zero-order valence-corrected chi connectivity index (χ0v) is 12.7. The lowest BCUT2D eigenvalue weighted by Crippen LogP contribution is -2.27. The molecule has 0 aliphatic rings. The van der Waals surface area contributed by atoms with Crippen LogP contribution < -0.4 is 5.32 Å². The van der Waals surface area contributed by atoms with Crippen molar-refractivity contribution in [1.29, 1.82) is 0 Å². The Balaban J connectivity index is 2.15. The minimum Gasteiger partial charge on any atom is -0.334 e. The van der Waals surface area contributed by atoms with Crippen LogP contribution in [0.3, 0.4) is 0 Å². The SMILES string of the molecule is CCCNC(Cc1nc(C)cs1)c1nccn1CC. The number of imidazole rings is 1. The molecule has 0 fully saturated rings. The van der Waals surface area contributed by atoms with Crippen molar-refractivity contribution in [2.24, 2.45) is 0 Å². The van der Waals surface area contributed by atoms with Gasteiger partial charge in [0.05, 0.1) is 11.0 Å². The Morgan fingerprint density at radius 1 is 1.42 bits per heavy atom. The molecule has 4 nitrogen and oxygen atoms in total.